The van der Waals surface area contributed by atoms with Crippen LogP contribution in [0.3, 0.4) is 0 Å². The highest BCUT2D eigenvalue weighted by Crippen LogP contribution is 2.33. The zero-order valence-electron chi connectivity index (χ0n) is 12.1. The minimum atomic E-state index is 0.278. The number of anilines is 1. The lowest BCUT2D eigenvalue weighted by atomic mass is 9.96. The molecule has 4 heteroatoms. The summed E-state index contributed by atoms with van der Waals surface area (Å²) < 4.78 is 0. The van der Waals surface area contributed by atoms with E-state index in [-0.39, 0.29) is 5.91 Å². The molecule has 0 aliphatic carbocycles. The molecule has 3 rings (SSSR count). The van der Waals surface area contributed by atoms with E-state index in [9.17, 15) is 4.79 Å². The van der Waals surface area contributed by atoms with Crippen LogP contribution in [0.4, 0.5) is 5.69 Å². The number of fused-ring (bicyclic) bond motifs is 1. The van der Waals surface area contributed by atoms with E-state index in [0.717, 1.165) is 38.9 Å². The number of benzene rings is 1. The molecule has 2 heterocycles. The first kappa shape index (κ1) is 13.4. The number of para-hydroxylation sites is 1. The van der Waals surface area contributed by atoms with Crippen LogP contribution in [0.15, 0.2) is 24.3 Å². The van der Waals surface area contributed by atoms with Crippen LogP contribution < -0.4 is 10.2 Å². The summed E-state index contributed by atoms with van der Waals surface area (Å²) in [5.74, 6) is 0.278. The van der Waals surface area contributed by atoms with Crippen molar-refractivity contribution in [2.75, 3.05) is 38.1 Å². The van der Waals surface area contributed by atoms with Gasteiger partial charge in [0, 0.05) is 31.4 Å². The van der Waals surface area contributed by atoms with Crippen LogP contribution in [0.5, 0.6) is 0 Å². The Morgan fingerprint density at radius 1 is 1.25 bits per heavy atom. The van der Waals surface area contributed by atoms with Crippen molar-refractivity contribution in [3.8, 4) is 0 Å². The summed E-state index contributed by atoms with van der Waals surface area (Å²) in [4.78, 5) is 16.6. The van der Waals surface area contributed by atoms with Gasteiger partial charge < -0.3 is 15.1 Å². The molecule has 1 atom stereocenters. The molecule has 0 spiro atoms. The van der Waals surface area contributed by atoms with Crippen molar-refractivity contribution in [3.05, 3.63) is 29.8 Å². The molecule has 4 nitrogen and oxygen atoms in total. The highest BCUT2D eigenvalue weighted by Gasteiger charge is 2.27. The van der Waals surface area contributed by atoms with E-state index in [4.69, 9.17) is 0 Å². The van der Waals surface area contributed by atoms with Gasteiger partial charge in [-0.3, -0.25) is 4.79 Å². The molecule has 0 bridgehead atoms. The largest absolute Gasteiger partial charge is 0.362 e. The Morgan fingerprint density at radius 2 is 2.00 bits per heavy atom. The Kier molecular flexibility index (Phi) is 3.92. The molecule has 2 aliphatic heterocycles. The predicted molar refractivity (Wildman–Crippen MR) is 80.9 cm³/mol. The van der Waals surface area contributed by atoms with Gasteiger partial charge in [-0.1, -0.05) is 18.2 Å². The number of carbonyl (C=O) groups is 1. The Balaban J connectivity index is 1.76. The van der Waals surface area contributed by atoms with Gasteiger partial charge in [-0.25, -0.2) is 0 Å². The number of nitrogens with one attached hydrogen (secondary N) is 1. The second-order valence-corrected chi connectivity index (χ2v) is 5.70. The van der Waals surface area contributed by atoms with E-state index < -0.39 is 0 Å². The van der Waals surface area contributed by atoms with Crippen LogP contribution in [-0.4, -0.2) is 44.0 Å². The zero-order chi connectivity index (χ0) is 13.9. The summed E-state index contributed by atoms with van der Waals surface area (Å²) in [6.45, 7) is 3.34. The van der Waals surface area contributed by atoms with Gasteiger partial charge in [0.2, 0.25) is 5.91 Å². The predicted octanol–water partition coefficient (Wildman–Crippen LogP) is 1.78. The summed E-state index contributed by atoms with van der Waals surface area (Å²) in [7, 11) is 2.01. The molecule has 1 saturated heterocycles. The highest BCUT2D eigenvalue weighted by molar-refractivity contribution is 5.82. The molecule has 0 radical (unpaired) electrons. The number of likely N-dealkylation sites (tertiary alicyclic amines) is 1. The van der Waals surface area contributed by atoms with Crippen LogP contribution in [-0.2, 0) is 4.79 Å². The van der Waals surface area contributed by atoms with E-state index in [1.54, 1.807) is 0 Å². The standard InChI is InChI=1S/C16H23N3O/c1-17-14-8-11-19(15-7-3-2-6-13(14)15)12-16(20)18-9-4-5-10-18/h2-3,6-7,14,17H,4-5,8-12H2,1H3. The van der Waals surface area contributed by atoms with Crippen molar-refractivity contribution in [3.63, 3.8) is 0 Å². The lowest BCUT2D eigenvalue weighted by molar-refractivity contribution is -0.128. The molecular weight excluding hydrogens is 250 g/mol. The quantitative estimate of drug-likeness (QED) is 0.912. The first-order valence-corrected chi connectivity index (χ1v) is 7.58. The van der Waals surface area contributed by atoms with E-state index >= 15 is 0 Å². The SMILES string of the molecule is CNC1CCN(CC(=O)N2CCCC2)c2ccccc21. The van der Waals surface area contributed by atoms with Gasteiger partial charge in [0.05, 0.1) is 6.54 Å². The number of carbonyl (C=O) groups excluding carboxylic acids is 1. The molecule has 108 valence electrons. The first-order chi connectivity index (χ1) is 9.79. The monoisotopic (exact) mass is 273 g/mol. The average molecular weight is 273 g/mol. The molecule has 1 aromatic rings. The maximum Gasteiger partial charge on any atom is 0.242 e. The van der Waals surface area contributed by atoms with Gasteiger partial charge in [0.25, 0.3) is 0 Å². The van der Waals surface area contributed by atoms with Gasteiger partial charge in [-0.05, 0) is 37.9 Å². The smallest absolute Gasteiger partial charge is 0.242 e. The summed E-state index contributed by atoms with van der Waals surface area (Å²) >= 11 is 0. The van der Waals surface area contributed by atoms with Crippen LogP contribution in [0.1, 0.15) is 30.9 Å². The molecule has 1 fully saturated rings. The zero-order valence-corrected chi connectivity index (χ0v) is 12.1. The molecule has 1 amide bonds. The van der Waals surface area contributed by atoms with Crippen molar-refractivity contribution >= 4 is 11.6 Å². The second kappa shape index (κ2) is 5.83. The van der Waals surface area contributed by atoms with Gasteiger partial charge >= 0.3 is 0 Å². The van der Waals surface area contributed by atoms with E-state index in [1.807, 2.05) is 11.9 Å². The van der Waals surface area contributed by atoms with Gasteiger partial charge in [-0.2, -0.15) is 0 Å². The first-order valence-electron chi connectivity index (χ1n) is 7.58. The Morgan fingerprint density at radius 3 is 2.75 bits per heavy atom. The second-order valence-electron chi connectivity index (χ2n) is 5.70. The fourth-order valence-electron chi connectivity index (χ4n) is 3.32. The van der Waals surface area contributed by atoms with E-state index in [0.29, 0.717) is 12.6 Å². The van der Waals surface area contributed by atoms with Crippen molar-refractivity contribution in [2.24, 2.45) is 0 Å². The van der Waals surface area contributed by atoms with Crippen molar-refractivity contribution < 1.29 is 4.79 Å². The molecule has 2 aliphatic rings. The number of hydrogen-bond acceptors (Lipinski definition) is 3. The van der Waals surface area contributed by atoms with Gasteiger partial charge in [0.15, 0.2) is 0 Å². The number of nitrogens with zero attached hydrogens (tertiary/aromatic N) is 2. The summed E-state index contributed by atoms with van der Waals surface area (Å²) in [5, 5.41) is 3.37. The average Bonchev–Trinajstić information content (AvgIpc) is 3.02. The third-order valence-electron chi connectivity index (χ3n) is 4.47. The topological polar surface area (TPSA) is 35.6 Å². The summed E-state index contributed by atoms with van der Waals surface area (Å²) in [6.07, 6.45) is 3.37. The van der Waals surface area contributed by atoms with Gasteiger partial charge in [0.1, 0.15) is 0 Å². The number of hydrogen-bond donors (Lipinski definition) is 1. The fraction of sp³-hybridized carbons (Fsp3) is 0.562. The fourth-order valence-corrected chi connectivity index (χ4v) is 3.32. The van der Waals surface area contributed by atoms with Crippen molar-refractivity contribution in [1.29, 1.82) is 0 Å². The number of rotatable bonds is 3. The van der Waals surface area contributed by atoms with Crippen molar-refractivity contribution in [2.45, 2.75) is 25.3 Å². The maximum atomic E-state index is 12.3. The Bertz CT molecular complexity index is 482. The van der Waals surface area contributed by atoms with Crippen LogP contribution >= 0.6 is 0 Å². The van der Waals surface area contributed by atoms with Gasteiger partial charge in [-0.15, -0.1) is 0 Å². The molecule has 1 aromatic carbocycles. The highest BCUT2D eigenvalue weighted by atomic mass is 16.2. The normalized spacial score (nSPS) is 21.9. The minimum Gasteiger partial charge on any atom is -0.362 e. The minimum absolute atomic E-state index is 0.278. The third-order valence-corrected chi connectivity index (χ3v) is 4.47. The van der Waals surface area contributed by atoms with E-state index in [1.165, 1.54) is 11.3 Å². The van der Waals surface area contributed by atoms with E-state index in [2.05, 4.69) is 34.5 Å². The summed E-state index contributed by atoms with van der Waals surface area (Å²) in [6, 6.07) is 8.85. The molecular formula is C16H23N3O. The Labute approximate surface area is 120 Å². The van der Waals surface area contributed by atoms with Crippen LogP contribution in [0.25, 0.3) is 0 Å². The lowest BCUT2D eigenvalue weighted by Gasteiger charge is -2.36. The number of amides is 1. The Hall–Kier alpha value is -1.55. The molecule has 1 N–H and O–H groups in total. The van der Waals surface area contributed by atoms with Crippen LogP contribution in [0.2, 0.25) is 0 Å². The maximum absolute atomic E-state index is 12.3. The van der Waals surface area contributed by atoms with Crippen molar-refractivity contribution in [1.82, 2.24) is 10.2 Å². The molecule has 1 unspecified atom stereocenters. The molecule has 0 aromatic heterocycles. The summed E-state index contributed by atoms with van der Waals surface area (Å²) in [5.41, 5.74) is 2.53. The lowest BCUT2D eigenvalue weighted by Crippen LogP contribution is -2.42. The third kappa shape index (κ3) is 2.52. The molecule has 20 heavy (non-hydrogen) atoms. The molecule has 0 saturated carbocycles. The van der Waals surface area contributed by atoms with Crippen LogP contribution in [0, 0.1) is 0 Å².